The Balaban J connectivity index is 2.08. The van der Waals surface area contributed by atoms with E-state index in [0.29, 0.717) is 12.1 Å². The van der Waals surface area contributed by atoms with Crippen molar-refractivity contribution in [1.29, 1.82) is 0 Å². The maximum absolute atomic E-state index is 5.36. The van der Waals surface area contributed by atoms with Crippen molar-refractivity contribution in [2.24, 2.45) is 0 Å². The van der Waals surface area contributed by atoms with Crippen LogP contribution in [0.15, 0.2) is 0 Å². The van der Waals surface area contributed by atoms with Crippen LogP contribution in [0.3, 0.4) is 0 Å². The van der Waals surface area contributed by atoms with Gasteiger partial charge in [-0.25, -0.2) is 0 Å². The van der Waals surface area contributed by atoms with E-state index in [4.69, 9.17) is 4.74 Å². The van der Waals surface area contributed by atoms with Crippen LogP contribution in [0.4, 0.5) is 0 Å². The minimum absolute atomic E-state index is 0.507. The van der Waals surface area contributed by atoms with Gasteiger partial charge in [-0.05, 0) is 39.3 Å². The largest absolute Gasteiger partial charge is 0.381 e. The summed E-state index contributed by atoms with van der Waals surface area (Å²) in [6, 6.07) is 0.648. The molecule has 1 aliphatic rings. The van der Waals surface area contributed by atoms with E-state index in [1.807, 2.05) is 7.11 Å². The second-order valence-corrected chi connectivity index (χ2v) is 4.52. The maximum Gasteiger partial charge on any atom is 0.0595 e. The number of hydrogen-bond acceptors (Lipinski definition) is 3. The first kappa shape index (κ1) is 12.9. The van der Waals surface area contributed by atoms with E-state index in [9.17, 15) is 0 Å². The van der Waals surface area contributed by atoms with Crippen LogP contribution in [0.1, 0.15) is 33.1 Å². The molecule has 1 saturated heterocycles. The van der Waals surface area contributed by atoms with Crippen LogP contribution >= 0.6 is 0 Å². The molecule has 1 N–H and O–H groups in total. The summed E-state index contributed by atoms with van der Waals surface area (Å²) in [4.78, 5) is 2.56. The summed E-state index contributed by atoms with van der Waals surface area (Å²) in [5.74, 6) is 0. The van der Waals surface area contributed by atoms with Crippen LogP contribution in [0.2, 0.25) is 0 Å². The van der Waals surface area contributed by atoms with E-state index >= 15 is 0 Å². The second kappa shape index (κ2) is 7.20. The molecule has 1 fully saturated rings. The molecule has 15 heavy (non-hydrogen) atoms. The SMILES string of the molecule is CCNC(C)CCN1CCC(OC)CC1. The van der Waals surface area contributed by atoms with Crippen LogP contribution in [-0.4, -0.2) is 50.3 Å². The summed E-state index contributed by atoms with van der Waals surface area (Å²) >= 11 is 0. The molecule has 0 saturated carbocycles. The zero-order chi connectivity index (χ0) is 11.1. The number of rotatable bonds is 6. The van der Waals surface area contributed by atoms with Crippen LogP contribution in [0.5, 0.6) is 0 Å². The van der Waals surface area contributed by atoms with E-state index in [2.05, 4.69) is 24.1 Å². The molecule has 1 atom stereocenters. The highest BCUT2D eigenvalue weighted by Gasteiger charge is 2.18. The molecule has 0 aromatic heterocycles. The lowest BCUT2D eigenvalue weighted by Crippen LogP contribution is -2.39. The Morgan fingerprint density at radius 2 is 2.07 bits per heavy atom. The van der Waals surface area contributed by atoms with Gasteiger partial charge in [-0.15, -0.1) is 0 Å². The van der Waals surface area contributed by atoms with E-state index in [0.717, 1.165) is 6.54 Å². The average Bonchev–Trinajstić information content (AvgIpc) is 2.27. The van der Waals surface area contributed by atoms with Gasteiger partial charge in [0.15, 0.2) is 0 Å². The van der Waals surface area contributed by atoms with Gasteiger partial charge < -0.3 is 15.0 Å². The molecule has 1 aliphatic heterocycles. The molecule has 0 spiro atoms. The lowest BCUT2D eigenvalue weighted by Gasteiger charge is -2.31. The van der Waals surface area contributed by atoms with E-state index in [-0.39, 0.29) is 0 Å². The summed E-state index contributed by atoms with van der Waals surface area (Å²) in [5.41, 5.74) is 0. The number of nitrogens with zero attached hydrogens (tertiary/aromatic N) is 1. The lowest BCUT2D eigenvalue weighted by atomic mass is 10.1. The highest BCUT2D eigenvalue weighted by molar-refractivity contribution is 4.73. The molecule has 0 amide bonds. The van der Waals surface area contributed by atoms with Gasteiger partial charge in [-0.2, -0.15) is 0 Å². The van der Waals surface area contributed by atoms with Gasteiger partial charge in [0, 0.05) is 26.2 Å². The highest BCUT2D eigenvalue weighted by atomic mass is 16.5. The van der Waals surface area contributed by atoms with Crippen molar-refractivity contribution in [2.75, 3.05) is 33.3 Å². The minimum atomic E-state index is 0.507. The average molecular weight is 214 g/mol. The fourth-order valence-corrected chi connectivity index (χ4v) is 2.20. The summed E-state index contributed by atoms with van der Waals surface area (Å²) in [7, 11) is 1.83. The van der Waals surface area contributed by atoms with Crippen molar-refractivity contribution in [1.82, 2.24) is 10.2 Å². The molecule has 0 radical (unpaired) electrons. The number of ether oxygens (including phenoxy) is 1. The molecule has 0 aliphatic carbocycles. The van der Waals surface area contributed by atoms with Crippen molar-refractivity contribution in [3.05, 3.63) is 0 Å². The molecular weight excluding hydrogens is 188 g/mol. The van der Waals surface area contributed by atoms with E-state index in [1.165, 1.54) is 38.9 Å². The normalized spacial score (nSPS) is 21.8. The predicted octanol–water partition coefficient (Wildman–Crippen LogP) is 1.49. The lowest BCUT2D eigenvalue weighted by molar-refractivity contribution is 0.0402. The minimum Gasteiger partial charge on any atom is -0.381 e. The van der Waals surface area contributed by atoms with Crippen molar-refractivity contribution in [3.8, 4) is 0 Å². The maximum atomic E-state index is 5.36. The van der Waals surface area contributed by atoms with Gasteiger partial charge in [0.2, 0.25) is 0 Å². The monoisotopic (exact) mass is 214 g/mol. The van der Waals surface area contributed by atoms with Crippen molar-refractivity contribution in [3.63, 3.8) is 0 Å². The Morgan fingerprint density at radius 3 is 2.60 bits per heavy atom. The highest BCUT2D eigenvalue weighted by Crippen LogP contribution is 2.13. The molecule has 0 aromatic carbocycles. The van der Waals surface area contributed by atoms with Gasteiger partial charge in [0.05, 0.1) is 6.10 Å². The standard InChI is InChI=1S/C12H26N2O/c1-4-13-11(2)5-8-14-9-6-12(15-3)7-10-14/h11-13H,4-10H2,1-3H3. The van der Waals surface area contributed by atoms with Gasteiger partial charge in [0.1, 0.15) is 0 Å². The number of likely N-dealkylation sites (tertiary alicyclic amines) is 1. The van der Waals surface area contributed by atoms with Gasteiger partial charge in [-0.3, -0.25) is 0 Å². The Hall–Kier alpha value is -0.120. The predicted molar refractivity (Wildman–Crippen MR) is 64.2 cm³/mol. The number of nitrogens with one attached hydrogen (secondary N) is 1. The molecule has 0 bridgehead atoms. The van der Waals surface area contributed by atoms with E-state index in [1.54, 1.807) is 0 Å². The fourth-order valence-electron chi connectivity index (χ4n) is 2.20. The van der Waals surface area contributed by atoms with Crippen molar-refractivity contribution >= 4 is 0 Å². The van der Waals surface area contributed by atoms with Crippen molar-refractivity contribution < 1.29 is 4.74 Å². The Morgan fingerprint density at radius 1 is 1.40 bits per heavy atom. The zero-order valence-electron chi connectivity index (χ0n) is 10.5. The Labute approximate surface area is 94.2 Å². The summed E-state index contributed by atoms with van der Waals surface area (Å²) < 4.78 is 5.36. The van der Waals surface area contributed by atoms with Gasteiger partial charge in [0.25, 0.3) is 0 Å². The van der Waals surface area contributed by atoms with Crippen LogP contribution in [0.25, 0.3) is 0 Å². The Kier molecular flexibility index (Phi) is 6.22. The third-order valence-corrected chi connectivity index (χ3v) is 3.30. The van der Waals surface area contributed by atoms with Crippen LogP contribution < -0.4 is 5.32 Å². The topological polar surface area (TPSA) is 24.5 Å². The molecule has 1 unspecified atom stereocenters. The quantitative estimate of drug-likeness (QED) is 0.725. The molecular formula is C12H26N2O. The van der Waals surface area contributed by atoms with Crippen LogP contribution in [-0.2, 0) is 4.74 Å². The third kappa shape index (κ3) is 4.96. The smallest absolute Gasteiger partial charge is 0.0595 e. The van der Waals surface area contributed by atoms with Gasteiger partial charge >= 0.3 is 0 Å². The number of piperidine rings is 1. The summed E-state index contributed by atoms with van der Waals surface area (Å²) in [6.07, 6.45) is 4.16. The van der Waals surface area contributed by atoms with Crippen LogP contribution in [0, 0.1) is 0 Å². The first-order valence-corrected chi connectivity index (χ1v) is 6.24. The summed E-state index contributed by atoms with van der Waals surface area (Å²) in [6.45, 7) is 9.15. The number of methoxy groups -OCH3 is 1. The first-order valence-electron chi connectivity index (χ1n) is 6.24. The Bertz CT molecular complexity index is 156. The molecule has 3 heteroatoms. The third-order valence-electron chi connectivity index (χ3n) is 3.30. The van der Waals surface area contributed by atoms with Crippen molar-refractivity contribution in [2.45, 2.75) is 45.3 Å². The molecule has 1 rings (SSSR count). The summed E-state index contributed by atoms with van der Waals surface area (Å²) in [5, 5.41) is 3.45. The number of hydrogen-bond donors (Lipinski definition) is 1. The molecule has 1 heterocycles. The molecule has 90 valence electrons. The fraction of sp³-hybridized carbons (Fsp3) is 1.00. The second-order valence-electron chi connectivity index (χ2n) is 4.52. The zero-order valence-corrected chi connectivity index (χ0v) is 10.5. The van der Waals surface area contributed by atoms with Gasteiger partial charge in [-0.1, -0.05) is 6.92 Å². The molecule has 3 nitrogen and oxygen atoms in total. The van der Waals surface area contributed by atoms with E-state index < -0.39 is 0 Å². The molecule has 0 aromatic rings. The first-order chi connectivity index (χ1) is 7.26.